The van der Waals surface area contributed by atoms with Crippen LogP contribution in [0.5, 0.6) is 0 Å². The van der Waals surface area contributed by atoms with Gasteiger partial charge in [0.2, 0.25) is 0 Å². The Balaban J connectivity index is 1.24. The summed E-state index contributed by atoms with van der Waals surface area (Å²) < 4.78 is 3.12. The summed E-state index contributed by atoms with van der Waals surface area (Å²) in [6.07, 6.45) is 13.1. The average Bonchev–Trinajstić information content (AvgIpc) is 3.48. The number of unbranched alkanes of at least 4 members (excludes halogenated alkanes) is 1. The normalized spacial score (nSPS) is 16.0. The van der Waals surface area contributed by atoms with Gasteiger partial charge < -0.3 is 14.8 Å². The standard InChI is InChI=1S/C24H30N7/c1(2-11-31(12-9-25-10-13-31)17-20-4-3-8-26-15-20)5-21-16-27-24-7-6-22(14-23(21)24)30-18-28-29-19-30/h3-4,6-8,14-16,18-19,25,27H,1-2,5,9-13,17H2/q+1. The number of hydrogen-bond acceptors (Lipinski definition) is 4. The number of fused-ring (bicyclic) bond motifs is 1. The number of benzene rings is 1. The van der Waals surface area contributed by atoms with Gasteiger partial charge in [-0.15, -0.1) is 10.2 Å². The quantitative estimate of drug-likeness (QED) is 0.342. The van der Waals surface area contributed by atoms with Crippen molar-refractivity contribution in [1.29, 1.82) is 0 Å². The molecule has 0 saturated carbocycles. The van der Waals surface area contributed by atoms with Crippen LogP contribution in [0.2, 0.25) is 0 Å². The van der Waals surface area contributed by atoms with E-state index in [4.69, 9.17) is 0 Å². The van der Waals surface area contributed by atoms with Gasteiger partial charge in [0.15, 0.2) is 0 Å². The molecular weight excluding hydrogens is 386 g/mol. The molecule has 7 nitrogen and oxygen atoms in total. The van der Waals surface area contributed by atoms with Crippen molar-refractivity contribution < 1.29 is 4.48 Å². The van der Waals surface area contributed by atoms with Crippen molar-refractivity contribution >= 4 is 10.9 Å². The van der Waals surface area contributed by atoms with E-state index in [2.05, 4.69) is 62.0 Å². The molecule has 0 bridgehead atoms. The Labute approximate surface area is 182 Å². The molecule has 0 unspecified atom stereocenters. The molecular formula is C24H30N7+. The third-order valence-corrected chi connectivity index (χ3v) is 6.56. The van der Waals surface area contributed by atoms with E-state index < -0.39 is 0 Å². The Morgan fingerprint density at radius 3 is 2.71 bits per heavy atom. The average molecular weight is 417 g/mol. The first kappa shape index (κ1) is 19.9. The van der Waals surface area contributed by atoms with Gasteiger partial charge in [0, 0.05) is 53.8 Å². The molecule has 160 valence electrons. The zero-order chi connectivity index (χ0) is 20.9. The van der Waals surface area contributed by atoms with E-state index in [-0.39, 0.29) is 0 Å². The molecule has 0 aliphatic carbocycles. The van der Waals surface area contributed by atoms with E-state index in [9.17, 15) is 0 Å². The van der Waals surface area contributed by atoms with Crippen LogP contribution in [0.3, 0.4) is 0 Å². The molecule has 1 saturated heterocycles. The van der Waals surface area contributed by atoms with E-state index in [0.717, 1.165) is 31.7 Å². The summed E-state index contributed by atoms with van der Waals surface area (Å²) in [6, 6.07) is 10.7. The second kappa shape index (κ2) is 8.99. The van der Waals surface area contributed by atoms with Gasteiger partial charge in [-0.2, -0.15) is 0 Å². The SMILES string of the molecule is c1cncc(C[N+]2(CCCCc3c[nH]c4ccc(-n5cnnc5)cc34)CCNCC2)c1. The lowest BCUT2D eigenvalue weighted by atomic mass is 10.1. The van der Waals surface area contributed by atoms with Crippen LogP contribution < -0.4 is 5.32 Å². The smallest absolute Gasteiger partial charge is 0.123 e. The van der Waals surface area contributed by atoms with Crippen molar-refractivity contribution in [3.63, 3.8) is 0 Å². The fourth-order valence-electron chi connectivity index (χ4n) is 4.84. The summed E-state index contributed by atoms with van der Waals surface area (Å²) in [5.41, 5.74) is 5.03. The summed E-state index contributed by atoms with van der Waals surface area (Å²) in [7, 11) is 0. The van der Waals surface area contributed by atoms with Gasteiger partial charge in [0.1, 0.15) is 19.2 Å². The molecule has 3 aromatic heterocycles. The summed E-state index contributed by atoms with van der Waals surface area (Å²) >= 11 is 0. The maximum atomic E-state index is 4.33. The topological polar surface area (TPSA) is 71.4 Å². The Bertz CT molecular complexity index is 1100. The molecule has 1 aliphatic heterocycles. The summed E-state index contributed by atoms with van der Waals surface area (Å²) in [5.74, 6) is 0. The first-order valence-electron chi connectivity index (χ1n) is 11.2. The maximum Gasteiger partial charge on any atom is 0.123 e. The highest BCUT2D eigenvalue weighted by atomic mass is 15.4. The predicted molar refractivity (Wildman–Crippen MR) is 122 cm³/mol. The molecule has 31 heavy (non-hydrogen) atoms. The number of piperazine rings is 1. The number of quaternary nitrogens is 1. The lowest BCUT2D eigenvalue weighted by molar-refractivity contribution is -0.942. The zero-order valence-corrected chi connectivity index (χ0v) is 17.9. The fourth-order valence-corrected chi connectivity index (χ4v) is 4.84. The highest BCUT2D eigenvalue weighted by Crippen LogP contribution is 2.24. The van der Waals surface area contributed by atoms with Crippen LogP contribution in [-0.2, 0) is 13.0 Å². The number of aromatic amines is 1. The van der Waals surface area contributed by atoms with Crippen LogP contribution >= 0.6 is 0 Å². The molecule has 0 radical (unpaired) electrons. The molecule has 0 amide bonds. The molecule has 1 aliphatic rings. The molecule has 7 heteroatoms. The van der Waals surface area contributed by atoms with Gasteiger partial charge >= 0.3 is 0 Å². The second-order valence-corrected chi connectivity index (χ2v) is 8.65. The van der Waals surface area contributed by atoms with Crippen LogP contribution in [0.4, 0.5) is 0 Å². The van der Waals surface area contributed by atoms with Crippen LogP contribution in [0, 0.1) is 0 Å². The molecule has 4 aromatic rings. The predicted octanol–water partition coefficient (Wildman–Crippen LogP) is 3.09. The summed E-state index contributed by atoms with van der Waals surface area (Å²) in [5, 5.41) is 12.7. The molecule has 4 heterocycles. The molecule has 2 N–H and O–H groups in total. The van der Waals surface area contributed by atoms with Crippen molar-refractivity contribution in [3.05, 3.63) is 72.7 Å². The van der Waals surface area contributed by atoms with Crippen molar-refractivity contribution in [3.8, 4) is 5.69 Å². The number of aromatic nitrogens is 5. The highest BCUT2D eigenvalue weighted by Gasteiger charge is 2.29. The van der Waals surface area contributed by atoms with Gasteiger partial charge in [-0.3, -0.25) is 9.55 Å². The number of hydrogen-bond donors (Lipinski definition) is 2. The summed E-state index contributed by atoms with van der Waals surface area (Å²) in [4.78, 5) is 7.76. The van der Waals surface area contributed by atoms with E-state index in [1.165, 1.54) is 59.0 Å². The van der Waals surface area contributed by atoms with E-state index in [1.807, 2.05) is 17.0 Å². The Morgan fingerprint density at radius 2 is 1.90 bits per heavy atom. The van der Waals surface area contributed by atoms with Crippen LogP contribution in [-0.4, -0.2) is 61.9 Å². The van der Waals surface area contributed by atoms with Crippen molar-refractivity contribution in [2.24, 2.45) is 0 Å². The Morgan fingerprint density at radius 1 is 1.03 bits per heavy atom. The lowest BCUT2D eigenvalue weighted by Gasteiger charge is -2.42. The number of nitrogens with one attached hydrogen (secondary N) is 2. The third-order valence-electron chi connectivity index (χ3n) is 6.56. The molecule has 1 fully saturated rings. The van der Waals surface area contributed by atoms with E-state index >= 15 is 0 Å². The molecule has 0 atom stereocenters. The van der Waals surface area contributed by atoms with Crippen molar-refractivity contribution in [2.75, 3.05) is 32.7 Å². The van der Waals surface area contributed by atoms with Crippen LogP contribution in [0.25, 0.3) is 16.6 Å². The minimum absolute atomic E-state index is 1.09. The largest absolute Gasteiger partial charge is 0.361 e. The monoisotopic (exact) mass is 416 g/mol. The molecule has 1 aromatic carbocycles. The first-order valence-corrected chi connectivity index (χ1v) is 11.2. The van der Waals surface area contributed by atoms with E-state index in [0.29, 0.717) is 0 Å². The lowest BCUT2D eigenvalue weighted by Crippen LogP contribution is -2.58. The number of rotatable bonds is 8. The minimum atomic E-state index is 1.09. The molecule has 0 spiro atoms. The van der Waals surface area contributed by atoms with Gasteiger partial charge in [-0.25, -0.2) is 0 Å². The summed E-state index contributed by atoms with van der Waals surface area (Å²) in [6.45, 7) is 6.92. The maximum absolute atomic E-state index is 4.33. The third kappa shape index (κ3) is 4.52. The van der Waals surface area contributed by atoms with E-state index in [1.54, 1.807) is 12.7 Å². The first-order chi connectivity index (χ1) is 15.3. The van der Waals surface area contributed by atoms with Crippen molar-refractivity contribution in [2.45, 2.75) is 25.8 Å². The van der Waals surface area contributed by atoms with Gasteiger partial charge in [-0.1, -0.05) is 6.07 Å². The van der Waals surface area contributed by atoms with Gasteiger partial charge in [0.25, 0.3) is 0 Å². The second-order valence-electron chi connectivity index (χ2n) is 8.65. The fraction of sp³-hybridized carbons (Fsp3) is 0.375. The highest BCUT2D eigenvalue weighted by molar-refractivity contribution is 5.85. The zero-order valence-electron chi connectivity index (χ0n) is 17.9. The number of H-pyrrole nitrogens is 1. The molecule has 5 rings (SSSR count). The number of pyridine rings is 1. The van der Waals surface area contributed by atoms with Crippen molar-refractivity contribution in [1.82, 2.24) is 30.0 Å². The minimum Gasteiger partial charge on any atom is -0.361 e. The Kier molecular flexibility index (Phi) is 5.78. The Hall–Kier alpha value is -3.03. The number of aryl methyl sites for hydroxylation is 1. The van der Waals surface area contributed by atoms with Gasteiger partial charge in [0.05, 0.1) is 19.6 Å². The van der Waals surface area contributed by atoms with Gasteiger partial charge in [-0.05, 0) is 49.1 Å². The van der Waals surface area contributed by atoms with Crippen LogP contribution in [0.15, 0.2) is 61.6 Å². The van der Waals surface area contributed by atoms with Crippen LogP contribution in [0.1, 0.15) is 24.0 Å². The number of nitrogens with zero attached hydrogens (tertiary/aromatic N) is 5.